The summed E-state index contributed by atoms with van der Waals surface area (Å²) < 4.78 is 41.5. The number of esters is 1. The van der Waals surface area contributed by atoms with Crippen molar-refractivity contribution in [2.24, 2.45) is 0 Å². The smallest absolute Gasteiger partial charge is 0.360 e. The largest absolute Gasteiger partial charge is 0.464 e. The van der Waals surface area contributed by atoms with Gasteiger partial charge in [-0.3, -0.25) is 9.36 Å². The van der Waals surface area contributed by atoms with Crippen LogP contribution in [0, 0.1) is 0 Å². The summed E-state index contributed by atoms with van der Waals surface area (Å²) in [6.45, 7) is 4.01. The van der Waals surface area contributed by atoms with Crippen LogP contribution in [0.15, 0.2) is 40.0 Å². The summed E-state index contributed by atoms with van der Waals surface area (Å²) >= 11 is 3.50. The number of carbonyl (C=O) groups excluding carboxylic acids is 1. The second-order valence-corrected chi connectivity index (χ2v) is 10.2. The maximum absolute atomic E-state index is 13.4. The summed E-state index contributed by atoms with van der Waals surface area (Å²) in [5.74, 6) is -1.48. The third-order valence-corrected chi connectivity index (χ3v) is 6.48. The van der Waals surface area contributed by atoms with Gasteiger partial charge in [-0.1, -0.05) is 41.1 Å². The van der Waals surface area contributed by atoms with Crippen LogP contribution in [-0.4, -0.2) is 44.3 Å². The number of fused-ring (bicyclic) bond motifs is 1. The molecule has 0 N–H and O–H groups in total. The Labute approximate surface area is 182 Å². The molecule has 162 valence electrons. The fourth-order valence-corrected chi connectivity index (χ4v) is 4.50. The van der Waals surface area contributed by atoms with E-state index in [1.54, 1.807) is 13.0 Å². The predicted molar refractivity (Wildman–Crippen MR) is 111 cm³/mol. The average molecular weight is 501 g/mol. The van der Waals surface area contributed by atoms with Gasteiger partial charge >= 0.3 is 16.1 Å². The zero-order chi connectivity index (χ0) is 22.1. The Balaban J connectivity index is 2.28. The summed E-state index contributed by atoms with van der Waals surface area (Å²) in [6.07, 6.45) is 0.514. The van der Waals surface area contributed by atoms with Crippen LogP contribution in [0.2, 0.25) is 0 Å². The number of ether oxygens (including phenoxy) is 2. The molecule has 0 fully saturated rings. The van der Waals surface area contributed by atoms with Gasteiger partial charge in [-0.2, -0.15) is 8.42 Å². The Morgan fingerprint density at radius 3 is 2.63 bits per heavy atom. The minimum absolute atomic E-state index is 0.166. The number of alkyl halides is 1. The third-order valence-electron chi connectivity index (χ3n) is 4.66. The molecular formula is C19H21BrN2O7S. The van der Waals surface area contributed by atoms with Crippen LogP contribution >= 0.6 is 15.9 Å². The topological polar surface area (TPSA) is 114 Å². The van der Waals surface area contributed by atoms with E-state index in [4.69, 9.17) is 13.7 Å². The number of halogens is 1. The van der Waals surface area contributed by atoms with E-state index in [9.17, 15) is 18.0 Å². The molecule has 0 amide bonds. The van der Waals surface area contributed by atoms with Crippen molar-refractivity contribution < 1.29 is 26.9 Å². The van der Waals surface area contributed by atoms with Gasteiger partial charge in [-0.25, -0.2) is 9.78 Å². The normalized spacial score (nSPS) is 21.4. The molecule has 0 saturated heterocycles. The van der Waals surface area contributed by atoms with Crippen LogP contribution in [0.25, 0.3) is 0 Å². The summed E-state index contributed by atoms with van der Waals surface area (Å²) in [4.78, 5) is 30.0. The second kappa shape index (κ2) is 8.48. The van der Waals surface area contributed by atoms with Gasteiger partial charge < -0.3 is 13.7 Å². The van der Waals surface area contributed by atoms with Gasteiger partial charge in [0.25, 0.3) is 5.56 Å². The number of rotatable bonds is 5. The molecule has 9 nitrogen and oxygen atoms in total. The highest BCUT2D eigenvalue weighted by atomic mass is 79.9. The molecule has 1 aromatic heterocycles. The molecule has 1 aliphatic rings. The maximum atomic E-state index is 13.4. The first-order valence-corrected chi connectivity index (χ1v) is 11.3. The van der Waals surface area contributed by atoms with Crippen LogP contribution < -0.4 is 9.74 Å². The van der Waals surface area contributed by atoms with Gasteiger partial charge in [0.05, 0.1) is 26.4 Å². The minimum Gasteiger partial charge on any atom is -0.464 e. The van der Waals surface area contributed by atoms with Gasteiger partial charge in [0.1, 0.15) is 15.0 Å². The van der Waals surface area contributed by atoms with Gasteiger partial charge in [-0.05, 0) is 25.5 Å². The van der Waals surface area contributed by atoms with Crippen molar-refractivity contribution in [1.29, 1.82) is 0 Å². The summed E-state index contributed by atoms with van der Waals surface area (Å²) in [5.41, 5.74) is -1.32. The zero-order valence-electron chi connectivity index (χ0n) is 16.6. The molecule has 2 heterocycles. The Bertz CT molecular complexity index is 1110. The first-order valence-electron chi connectivity index (χ1n) is 9.14. The molecule has 30 heavy (non-hydrogen) atoms. The van der Waals surface area contributed by atoms with Crippen LogP contribution in [0.3, 0.4) is 0 Å². The molecule has 1 aliphatic heterocycles. The number of hydrogen-bond acceptors (Lipinski definition) is 8. The Hall–Kier alpha value is -2.24. The molecule has 11 heteroatoms. The number of hydrogen-bond donors (Lipinski definition) is 0. The quantitative estimate of drug-likeness (QED) is 0.349. The van der Waals surface area contributed by atoms with E-state index >= 15 is 0 Å². The van der Waals surface area contributed by atoms with E-state index in [-0.39, 0.29) is 23.9 Å². The lowest BCUT2D eigenvalue weighted by Crippen LogP contribution is -2.37. The predicted octanol–water partition coefficient (Wildman–Crippen LogP) is 2.39. The van der Waals surface area contributed by atoms with Gasteiger partial charge in [0, 0.05) is 0 Å². The molecule has 1 aromatic carbocycles. The lowest BCUT2D eigenvalue weighted by atomic mass is 10.1. The highest BCUT2D eigenvalue weighted by Gasteiger charge is 2.39. The number of methoxy groups -OCH3 is 1. The van der Waals surface area contributed by atoms with Crippen molar-refractivity contribution in [3.63, 3.8) is 0 Å². The first kappa shape index (κ1) is 22.4. The van der Waals surface area contributed by atoms with Gasteiger partial charge in [0.2, 0.25) is 5.75 Å². The number of nitrogens with zero attached hydrogens (tertiary/aromatic N) is 2. The van der Waals surface area contributed by atoms with E-state index in [2.05, 4.69) is 20.9 Å². The number of benzene rings is 1. The zero-order valence-corrected chi connectivity index (χ0v) is 19.0. The Morgan fingerprint density at radius 2 is 2.03 bits per heavy atom. The summed E-state index contributed by atoms with van der Waals surface area (Å²) in [7, 11) is -3.29. The molecule has 0 radical (unpaired) electrons. The molecule has 3 rings (SSSR count). The molecule has 2 aromatic rings. The lowest BCUT2D eigenvalue weighted by Gasteiger charge is -2.25. The minimum atomic E-state index is -4.39. The van der Waals surface area contributed by atoms with E-state index in [1.165, 1.54) is 28.8 Å². The van der Waals surface area contributed by atoms with Crippen LogP contribution in [0.4, 0.5) is 0 Å². The third kappa shape index (κ3) is 4.14. The number of carbonyl (C=O) groups is 1. The SMILES string of the molecule is CC[C@H]1COC[C@](C)(Br)c2nc(C(=O)OC)c(OS(=O)(=O)c3ccccc3)c(=O)n21. The first-order chi connectivity index (χ1) is 14.1. The molecule has 0 unspecified atom stereocenters. The van der Waals surface area contributed by atoms with Crippen molar-refractivity contribution >= 4 is 32.0 Å². The fraction of sp³-hybridized carbons (Fsp3) is 0.421. The van der Waals surface area contributed by atoms with Crippen molar-refractivity contribution in [3.05, 3.63) is 52.2 Å². The van der Waals surface area contributed by atoms with Crippen LogP contribution in [0.1, 0.15) is 42.6 Å². The van der Waals surface area contributed by atoms with Crippen molar-refractivity contribution in [3.8, 4) is 5.75 Å². The molecule has 0 bridgehead atoms. The number of aromatic nitrogens is 2. The lowest BCUT2D eigenvalue weighted by molar-refractivity contribution is 0.0590. The highest BCUT2D eigenvalue weighted by molar-refractivity contribution is 9.09. The monoisotopic (exact) mass is 500 g/mol. The van der Waals surface area contributed by atoms with E-state index in [0.717, 1.165) is 7.11 Å². The maximum Gasteiger partial charge on any atom is 0.360 e. The van der Waals surface area contributed by atoms with E-state index in [1.807, 2.05) is 6.92 Å². The van der Waals surface area contributed by atoms with Crippen molar-refractivity contribution in [1.82, 2.24) is 9.55 Å². The van der Waals surface area contributed by atoms with Gasteiger partial charge in [0.15, 0.2) is 5.69 Å². The molecule has 0 saturated carbocycles. The molecule has 0 spiro atoms. The fourth-order valence-electron chi connectivity index (χ4n) is 3.11. The summed E-state index contributed by atoms with van der Waals surface area (Å²) in [5, 5.41) is 0. The van der Waals surface area contributed by atoms with E-state index < -0.39 is 43.5 Å². The Morgan fingerprint density at radius 1 is 1.37 bits per heavy atom. The molecule has 0 aliphatic carbocycles. The molecular weight excluding hydrogens is 480 g/mol. The average Bonchev–Trinajstić information content (AvgIpc) is 2.85. The van der Waals surface area contributed by atoms with Crippen molar-refractivity contribution in [2.75, 3.05) is 20.3 Å². The van der Waals surface area contributed by atoms with E-state index in [0.29, 0.717) is 6.42 Å². The van der Waals surface area contributed by atoms with Crippen LogP contribution in [0.5, 0.6) is 5.75 Å². The molecule has 2 atom stereocenters. The van der Waals surface area contributed by atoms with Crippen LogP contribution in [-0.2, 0) is 23.9 Å². The second-order valence-electron chi connectivity index (χ2n) is 6.91. The highest BCUT2D eigenvalue weighted by Crippen LogP contribution is 2.35. The van der Waals surface area contributed by atoms with Gasteiger partial charge in [-0.15, -0.1) is 0 Å². The standard InChI is InChI=1S/C19H21BrN2O7S/c1-4-12-10-28-11-19(2,20)18-21-14(17(24)27-3)15(16(23)22(12)18)29-30(25,26)13-8-6-5-7-9-13/h5-9,12H,4,10-11H2,1-3H3/t12-,19-/m0/s1. The Kier molecular flexibility index (Phi) is 6.34. The van der Waals surface area contributed by atoms with Crippen molar-refractivity contribution in [2.45, 2.75) is 35.5 Å². The summed E-state index contributed by atoms with van der Waals surface area (Å²) in [6, 6.07) is 6.88.